The average molecular weight is 326 g/mol. The van der Waals surface area contributed by atoms with Crippen molar-refractivity contribution in [1.82, 2.24) is 10.2 Å². The van der Waals surface area contributed by atoms with Gasteiger partial charge in [0.1, 0.15) is 0 Å². The minimum atomic E-state index is 0.358. The van der Waals surface area contributed by atoms with Crippen molar-refractivity contribution in [2.75, 3.05) is 43.8 Å². The minimum absolute atomic E-state index is 0.358. The van der Waals surface area contributed by atoms with Crippen LogP contribution in [-0.4, -0.2) is 53.8 Å². The molecule has 0 bridgehead atoms. The van der Waals surface area contributed by atoms with Gasteiger partial charge in [-0.2, -0.15) is 0 Å². The number of alkyl halides is 1. The van der Waals surface area contributed by atoms with E-state index in [-0.39, 0.29) is 0 Å². The van der Waals surface area contributed by atoms with Crippen LogP contribution in [0.5, 0.6) is 0 Å². The van der Waals surface area contributed by atoms with Gasteiger partial charge in [0.05, 0.1) is 0 Å². The Kier molecular flexibility index (Phi) is 7.96. The zero-order valence-corrected chi connectivity index (χ0v) is 11.6. The van der Waals surface area contributed by atoms with Gasteiger partial charge in [-0.15, -0.1) is 0 Å². The van der Waals surface area contributed by atoms with Crippen molar-refractivity contribution in [3.05, 3.63) is 0 Å². The third-order valence-corrected chi connectivity index (χ3v) is 4.27. The van der Waals surface area contributed by atoms with Gasteiger partial charge in [0.15, 0.2) is 0 Å². The van der Waals surface area contributed by atoms with E-state index in [1.807, 2.05) is 0 Å². The summed E-state index contributed by atoms with van der Waals surface area (Å²) in [5, 5.41) is 12.4. The predicted octanol–water partition coefficient (Wildman–Crippen LogP) is 1.11. The molecule has 0 saturated carbocycles. The fourth-order valence-electron chi connectivity index (χ4n) is 1.92. The SMILES string of the molecule is OC[C@@H](CI)CCCCN1CCNCC1. The molecule has 0 unspecified atom stereocenters. The molecular weight excluding hydrogens is 303 g/mol. The lowest BCUT2D eigenvalue weighted by Crippen LogP contribution is -2.43. The lowest BCUT2D eigenvalue weighted by molar-refractivity contribution is 0.218. The Morgan fingerprint density at radius 3 is 2.60 bits per heavy atom. The monoisotopic (exact) mass is 326 g/mol. The molecule has 2 N–H and O–H groups in total. The summed E-state index contributed by atoms with van der Waals surface area (Å²) < 4.78 is 1.09. The lowest BCUT2D eigenvalue weighted by Gasteiger charge is -2.27. The molecule has 0 aromatic heterocycles. The van der Waals surface area contributed by atoms with Gasteiger partial charge in [0.25, 0.3) is 0 Å². The molecule has 1 fully saturated rings. The summed E-state index contributed by atoms with van der Waals surface area (Å²) >= 11 is 2.37. The molecule has 1 aliphatic heterocycles. The Bertz CT molecular complexity index is 148. The highest BCUT2D eigenvalue weighted by molar-refractivity contribution is 14.1. The van der Waals surface area contributed by atoms with E-state index in [0.29, 0.717) is 12.5 Å². The molecule has 0 aromatic carbocycles. The van der Waals surface area contributed by atoms with Crippen LogP contribution in [0.2, 0.25) is 0 Å². The Balaban J connectivity index is 1.95. The van der Waals surface area contributed by atoms with Crippen LogP contribution in [-0.2, 0) is 0 Å². The molecule has 15 heavy (non-hydrogen) atoms. The van der Waals surface area contributed by atoms with Crippen molar-refractivity contribution < 1.29 is 5.11 Å². The number of piperazine rings is 1. The van der Waals surface area contributed by atoms with Crippen LogP contribution in [0.25, 0.3) is 0 Å². The highest BCUT2D eigenvalue weighted by atomic mass is 127. The highest BCUT2D eigenvalue weighted by Gasteiger charge is 2.09. The second kappa shape index (κ2) is 8.73. The number of aliphatic hydroxyl groups excluding tert-OH is 1. The molecule has 0 amide bonds. The lowest BCUT2D eigenvalue weighted by atomic mass is 10.1. The molecule has 1 heterocycles. The standard InChI is InChI=1S/C11H23IN2O/c12-9-11(10-15)3-1-2-6-14-7-4-13-5-8-14/h11,13,15H,1-10H2/t11-/m1/s1. The highest BCUT2D eigenvalue weighted by Crippen LogP contribution is 2.11. The molecule has 0 aliphatic carbocycles. The van der Waals surface area contributed by atoms with Crippen molar-refractivity contribution in [2.45, 2.75) is 19.3 Å². The van der Waals surface area contributed by atoms with E-state index in [1.54, 1.807) is 0 Å². The van der Waals surface area contributed by atoms with Gasteiger partial charge < -0.3 is 15.3 Å². The normalized spacial score (nSPS) is 20.4. The third kappa shape index (κ3) is 6.04. The maximum Gasteiger partial charge on any atom is 0.0466 e. The maximum absolute atomic E-state index is 9.05. The summed E-state index contributed by atoms with van der Waals surface area (Å²) in [6.45, 7) is 6.29. The van der Waals surface area contributed by atoms with Crippen molar-refractivity contribution in [3.8, 4) is 0 Å². The Labute approximate surface area is 107 Å². The summed E-state index contributed by atoms with van der Waals surface area (Å²) in [6.07, 6.45) is 3.73. The third-order valence-electron chi connectivity index (χ3n) is 3.02. The number of rotatable bonds is 7. The fourth-order valence-corrected chi connectivity index (χ4v) is 2.64. The first-order chi connectivity index (χ1) is 7.36. The largest absolute Gasteiger partial charge is 0.396 e. The number of unbranched alkanes of at least 4 members (excludes halogenated alkanes) is 1. The summed E-state index contributed by atoms with van der Waals surface area (Å²) in [5.41, 5.74) is 0. The number of hydrogen-bond acceptors (Lipinski definition) is 3. The van der Waals surface area contributed by atoms with E-state index < -0.39 is 0 Å². The van der Waals surface area contributed by atoms with Crippen molar-refractivity contribution >= 4 is 22.6 Å². The van der Waals surface area contributed by atoms with E-state index in [2.05, 4.69) is 32.8 Å². The summed E-state index contributed by atoms with van der Waals surface area (Å²) in [7, 11) is 0. The van der Waals surface area contributed by atoms with Crippen LogP contribution in [0.3, 0.4) is 0 Å². The van der Waals surface area contributed by atoms with Crippen LogP contribution in [0.15, 0.2) is 0 Å². The number of aliphatic hydroxyl groups is 1. The van der Waals surface area contributed by atoms with Crippen molar-refractivity contribution in [2.24, 2.45) is 5.92 Å². The van der Waals surface area contributed by atoms with E-state index >= 15 is 0 Å². The second-order valence-corrected chi connectivity index (χ2v) is 5.17. The van der Waals surface area contributed by atoms with Crippen molar-refractivity contribution in [1.29, 1.82) is 0 Å². The van der Waals surface area contributed by atoms with E-state index in [0.717, 1.165) is 17.5 Å². The van der Waals surface area contributed by atoms with Crippen LogP contribution in [0, 0.1) is 5.92 Å². The first-order valence-corrected chi connectivity index (χ1v) is 7.49. The first-order valence-electron chi connectivity index (χ1n) is 5.96. The predicted molar refractivity (Wildman–Crippen MR) is 72.6 cm³/mol. The summed E-state index contributed by atoms with van der Waals surface area (Å²) in [6, 6.07) is 0. The molecular formula is C11H23IN2O. The van der Waals surface area contributed by atoms with Gasteiger partial charge in [0.2, 0.25) is 0 Å². The molecule has 1 rings (SSSR count). The minimum Gasteiger partial charge on any atom is -0.396 e. The molecule has 3 nitrogen and oxygen atoms in total. The van der Waals surface area contributed by atoms with E-state index in [4.69, 9.17) is 5.11 Å². The fraction of sp³-hybridized carbons (Fsp3) is 1.00. The molecule has 0 aromatic rings. The molecule has 0 radical (unpaired) electrons. The smallest absolute Gasteiger partial charge is 0.0466 e. The van der Waals surface area contributed by atoms with Gasteiger partial charge in [-0.25, -0.2) is 0 Å². The topological polar surface area (TPSA) is 35.5 Å². The molecule has 1 aliphatic rings. The Morgan fingerprint density at radius 1 is 1.27 bits per heavy atom. The number of nitrogens with zero attached hydrogens (tertiary/aromatic N) is 1. The van der Waals surface area contributed by atoms with E-state index in [9.17, 15) is 0 Å². The van der Waals surface area contributed by atoms with E-state index in [1.165, 1.54) is 38.9 Å². The summed E-state index contributed by atoms with van der Waals surface area (Å²) in [5.74, 6) is 0.522. The number of nitrogens with one attached hydrogen (secondary N) is 1. The quantitative estimate of drug-likeness (QED) is 0.418. The summed E-state index contributed by atoms with van der Waals surface area (Å²) in [4.78, 5) is 2.54. The molecule has 1 saturated heterocycles. The van der Waals surface area contributed by atoms with Gasteiger partial charge in [0, 0.05) is 37.2 Å². The number of halogens is 1. The molecule has 90 valence electrons. The maximum atomic E-state index is 9.05. The van der Waals surface area contributed by atoms with Gasteiger partial charge in [-0.05, 0) is 25.3 Å². The number of hydrogen-bond donors (Lipinski definition) is 2. The zero-order valence-electron chi connectivity index (χ0n) is 9.42. The van der Waals surface area contributed by atoms with Gasteiger partial charge >= 0.3 is 0 Å². The zero-order chi connectivity index (χ0) is 10.9. The average Bonchev–Trinajstić information content (AvgIpc) is 2.31. The second-order valence-electron chi connectivity index (χ2n) is 4.29. The first kappa shape index (κ1) is 13.7. The van der Waals surface area contributed by atoms with Crippen LogP contribution in [0.1, 0.15) is 19.3 Å². The Hall–Kier alpha value is 0.610. The van der Waals surface area contributed by atoms with Crippen LogP contribution >= 0.6 is 22.6 Å². The van der Waals surface area contributed by atoms with Gasteiger partial charge in [-0.1, -0.05) is 29.0 Å². The Morgan fingerprint density at radius 2 is 2.00 bits per heavy atom. The van der Waals surface area contributed by atoms with Gasteiger partial charge in [-0.3, -0.25) is 0 Å². The van der Waals surface area contributed by atoms with Crippen LogP contribution in [0.4, 0.5) is 0 Å². The molecule has 0 spiro atoms. The van der Waals surface area contributed by atoms with Crippen LogP contribution < -0.4 is 5.32 Å². The van der Waals surface area contributed by atoms with Crippen molar-refractivity contribution in [3.63, 3.8) is 0 Å². The molecule has 1 atom stereocenters. The molecule has 4 heteroatoms.